The molecule has 0 radical (unpaired) electrons. The van der Waals surface area contributed by atoms with E-state index >= 15 is 0 Å². The normalized spacial score (nSPS) is 22.8. The number of nitrogens with two attached hydrogens (primary N) is 1. The predicted molar refractivity (Wildman–Crippen MR) is 111 cm³/mol. The molecule has 2 aromatic heterocycles. The minimum absolute atomic E-state index is 0. The van der Waals surface area contributed by atoms with Gasteiger partial charge in [0.25, 0.3) is 0 Å². The quantitative estimate of drug-likeness (QED) is 0.830. The van der Waals surface area contributed by atoms with Crippen LogP contribution in [0.3, 0.4) is 0 Å². The zero-order valence-corrected chi connectivity index (χ0v) is 17.0. The molecule has 2 atom stereocenters. The number of amides is 1. The summed E-state index contributed by atoms with van der Waals surface area (Å²) in [5, 5.41) is 2.05. The third-order valence-electron chi connectivity index (χ3n) is 5.31. The summed E-state index contributed by atoms with van der Waals surface area (Å²) < 4.78 is 1.13. The largest absolute Gasteiger partial charge is 0.352 e. The molecule has 9 heteroatoms. The van der Waals surface area contributed by atoms with Gasteiger partial charge in [-0.1, -0.05) is 6.42 Å². The number of hydrogen-bond acceptors (Lipinski definition) is 6. The van der Waals surface area contributed by atoms with Gasteiger partial charge < -0.3 is 15.5 Å². The molecular weight excluding hydrogens is 393 g/mol. The Kier molecular flexibility index (Phi) is 7.46. The van der Waals surface area contributed by atoms with Gasteiger partial charge in [-0.25, -0.2) is 9.97 Å². The van der Waals surface area contributed by atoms with Crippen molar-refractivity contribution in [3.8, 4) is 0 Å². The minimum atomic E-state index is 0. The van der Waals surface area contributed by atoms with Crippen LogP contribution in [0.4, 0.5) is 5.82 Å². The first-order valence-electron chi connectivity index (χ1n) is 8.69. The highest BCUT2D eigenvalue weighted by atomic mass is 35.5. The second kappa shape index (κ2) is 9.17. The van der Waals surface area contributed by atoms with Gasteiger partial charge in [-0.3, -0.25) is 4.79 Å². The van der Waals surface area contributed by atoms with Crippen molar-refractivity contribution in [1.82, 2.24) is 14.9 Å². The number of carbonyl (C=O) groups excluding carboxylic acids is 1. The molecule has 6 nitrogen and oxygen atoms in total. The number of halogens is 2. The third-order valence-corrected chi connectivity index (χ3v) is 6.21. The van der Waals surface area contributed by atoms with Gasteiger partial charge in [0, 0.05) is 38.6 Å². The monoisotopic (exact) mass is 417 g/mol. The van der Waals surface area contributed by atoms with Crippen molar-refractivity contribution in [2.45, 2.75) is 31.7 Å². The molecule has 0 bridgehead atoms. The standard InChI is InChI=1S/C17H23N5OS.2ClH/c18-13-3-1-2-12(13)10-15(23)21-5-7-22(8-6-21)17-16-14(4-9-24-16)19-11-20-17;;/h4,9,11-13H,1-3,5-8,10,18H2;2*1H/t12-,13+;;/m0../s1. The molecule has 1 saturated carbocycles. The molecule has 2 N–H and O–H groups in total. The minimum Gasteiger partial charge on any atom is -0.352 e. The second-order valence-electron chi connectivity index (χ2n) is 6.76. The summed E-state index contributed by atoms with van der Waals surface area (Å²) in [5.74, 6) is 1.64. The molecule has 1 amide bonds. The van der Waals surface area contributed by atoms with E-state index in [0.717, 1.165) is 61.5 Å². The third kappa shape index (κ3) is 4.22. The molecule has 4 rings (SSSR count). The van der Waals surface area contributed by atoms with Crippen molar-refractivity contribution in [2.75, 3.05) is 31.1 Å². The van der Waals surface area contributed by atoms with Crippen molar-refractivity contribution >= 4 is 58.1 Å². The molecule has 2 aromatic rings. The maximum Gasteiger partial charge on any atom is 0.223 e. The van der Waals surface area contributed by atoms with E-state index in [9.17, 15) is 4.79 Å². The summed E-state index contributed by atoms with van der Waals surface area (Å²) in [6.07, 6.45) is 5.57. The predicted octanol–water partition coefficient (Wildman–Crippen LogP) is 2.70. The molecular formula is C17H25Cl2N5OS. The van der Waals surface area contributed by atoms with Gasteiger partial charge in [0.05, 0.1) is 10.2 Å². The Morgan fingerprint density at radius 1 is 1.19 bits per heavy atom. The molecule has 1 saturated heterocycles. The lowest BCUT2D eigenvalue weighted by atomic mass is 9.99. The maximum absolute atomic E-state index is 12.5. The zero-order chi connectivity index (χ0) is 16.5. The highest BCUT2D eigenvalue weighted by Gasteiger charge is 2.29. The zero-order valence-electron chi connectivity index (χ0n) is 14.5. The first kappa shape index (κ1) is 21.2. The van der Waals surface area contributed by atoms with E-state index in [0.29, 0.717) is 12.3 Å². The van der Waals surface area contributed by atoms with Gasteiger partial charge in [-0.2, -0.15) is 0 Å². The Morgan fingerprint density at radius 2 is 1.96 bits per heavy atom. The number of thiophene rings is 1. The van der Waals surface area contributed by atoms with Gasteiger partial charge in [0.2, 0.25) is 5.91 Å². The highest BCUT2D eigenvalue weighted by molar-refractivity contribution is 7.17. The number of nitrogens with zero attached hydrogens (tertiary/aromatic N) is 4. The lowest BCUT2D eigenvalue weighted by Crippen LogP contribution is -2.49. The smallest absolute Gasteiger partial charge is 0.223 e. The van der Waals surface area contributed by atoms with Gasteiger partial charge in [-0.15, -0.1) is 36.2 Å². The number of piperazine rings is 1. The van der Waals surface area contributed by atoms with E-state index in [4.69, 9.17) is 5.73 Å². The van der Waals surface area contributed by atoms with Crippen molar-refractivity contribution < 1.29 is 4.79 Å². The summed E-state index contributed by atoms with van der Waals surface area (Å²) in [6.45, 7) is 3.17. The first-order valence-corrected chi connectivity index (χ1v) is 9.57. The Hall–Kier alpha value is -1.15. The van der Waals surface area contributed by atoms with Gasteiger partial charge in [0.1, 0.15) is 12.1 Å². The van der Waals surface area contributed by atoms with Crippen LogP contribution in [-0.2, 0) is 4.79 Å². The van der Waals surface area contributed by atoms with Crippen LogP contribution >= 0.6 is 36.2 Å². The van der Waals surface area contributed by atoms with Gasteiger partial charge in [0.15, 0.2) is 0 Å². The van der Waals surface area contributed by atoms with Crippen molar-refractivity contribution in [1.29, 1.82) is 0 Å². The average molecular weight is 418 g/mol. The number of hydrogen-bond donors (Lipinski definition) is 1. The number of fused-ring (bicyclic) bond motifs is 1. The average Bonchev–Trinajstić information content (AvgIpc) is 3.24. The fourth-order valence-electron chi connectivity index (χ4n) is 3.84. The summed E-state index contributed by atoms with van der Waals surface area (Å²) in [7, 11) is 0. The fraction of sp³-hybridized carbons (Fsp3) is 0.588. The van der Waals surface area contributed by atoms with Crippen LogP contribution in [0.5, 0.6) is 0 Å². The molecule has 144 valence electrons. The van der Waals surface area contributed by atoms with E-state index in [1.54, 1.807) is 17.7 Å². The molecule has 1 aliphatic heterocycles. The summed E-state index contributed by atoms with van der Waals surface area (Å²) >= 11 is 1.68. The lowest BCUT2D eigenvalue weighted by molar-refractivity contribution is -0.132. The Morgan fingerprint density at radius 3 is 2.65 bits per heavy atom. The second-order valence-corrected chi connectivity index (χ2v) is 7.68. The van der Waals surface area contributed by atoms with Crippen LogP contribution in [0.15, 0.2) is 17.8 Å². The molecule has 1 aliphatic carbocycles. The van der Waals surface area contributed by atoms with E-state index in [1.165, 1.54) is 0 Å². The molecule has 26 heavy (non-hydrogen) atoms. The summed E-state index contributed by atoms with van der Waals surface area (Å²) in [5.41, 5.74) is 7.10. The van der Waals surface area contributed by atoms with E-state index < -0.39 is 0 Å². The van der Waals surface area contributed by atoms with Crippen LogP contribution in [0, 0.1) is 5.92 Å². The molecule has 0 aromatic carbocycles. The number of carbonyl (C=O) groups is 1. The van der Waals surface area contributed by atoms with Crippen molar-refractivity contribution in [2.24, 2.45) is 11.7 Å². The Balaban J connectivity index is 0.00000121. The molecule has 0 spiro atoms. The SMILES string of the molecule is Cl.Cl.N[C@@H]1CCC[C@H]1CC(=O)N1CCN(c2ncnc3ccsc23)CC1. The summed E-state index contributed by atoms with van der Waals surface area (Å²) in [6, 6.07) is 2.24. The van der Waals surface area contributed by atoms with Crippen LogP contribution in [0.2, 0.25) is 0 Å². The Labute approximate surface area is 170 Å². The van der Waals surface area contributed by atoms with Gasteiger partial charge in [-0.05, 0) is 30.2 Å². The van der Waals surface area contributed by atoms with E-state index in [-0.39, 0.29) is 36.8 Å². The number of rotatable bonds is 3. The lowest BCUT2D eigenvalue weighted by Gasteiger charge is -2.36. The molecule has 3 heterocycles. The van der Waals surface area contributed by atoms with Crippen LogP contribution in [-0.4, -0.2) is 53.0 Å². The van der Waals surface area contributed by atoms with Crippen molar-refractivity contribution in [3.63, 3.8) is 0 Å². The van der Waals surface area contributed by atoms with E-state index in [1.807, 2.05) is 16.3 Å². The maximum atomic E-state index is 12.5. The van der Waals surface area contributed by atoms with Crippen LogP contribution < -0.4 is 10.6 Å². The highest BCUT2D eigenvalue weighted by Crippen LogP contribution is 2.30. The summed E-state index contributed by atoms with van der Waals surface area (Å²) in [4.78, 5) is 25.6. The van der Waals surface area contributed by atoms with Gasteiger partial charge >= 0.3 is 0 Å². The Bertz CT molecular complexity index is 735. The van der Waals surface area contributed by atoms with Crippen LogP contribution in [0.25, 0.3) is 10.2 Å². The number of aromatic nitrogens is 2. The molecule has 2 fully saturated rings. The number of anilines is 1. The van der Waals surface area contributed by atoms with E-state index in [2.05, 4.69) is 14.9 Å². The van der Waals surface area contributed by atoms with Crippen molar-refractivity contribution in [3.05, 3.63) is 17.8 Å². The fourth-order valence-corrected chi connectivity index (χ4v) is 4.70. The molecule has 0 unspecified atom stereocenters. The molecule has 2 aliphatic rings. The topological polar surface area (TPSA) is 75.4 Å². The van der Waals surface area contributed by atoms with Crippen LogP contribution in [0.1, 0.15) is 25.7 Å². The first-order chi connectivity index (χ1) is 11.7.